The van der Waals surface area contributed by atoms with Crippen molar-refractivity contribution in [1.29, 1.82) is 0 Å². The molecule has 0 spiro atoms. The second kappa shape index (κ2) is 9.30. The fourth-order valence-electron chi connectivity index (χ4n) is 3.05. The first-order valence-electron chi connectivity index (χ1n) is 9.80. The number of ether oxygens (including phenoxy) is 1. The number of aryl methyl sites for hydroxylation is 3. The van der Waals surface area contributed by atoms with Gasteiger partial charge in [0.25, 0.3) is 11.8 Å². The molecule has 0 atom stereocenters. The Bertz CT molecular complexity index is 1030. The zero-order valence-electron chi connectivity index (χ0n) is 17.6. The van der Waals surface area contributed by atoms with Gasteiger partial charge in [0.05, 0.1) is 11.9 Å². The largest absolute Gasteiger partial charge is 0.485 e. The lowest BCUT2D eigenvalue weighted by Crippen LogP contribution is -2.27. The number of anilines is 1. The van der Waals surface area contributed by atoms with Crippen LogP contribution in [0.1, 0.15) is 51.3 Å². The third-order valence-electron chi connectivity index (χ3n) is 4.59. The molecule has 0 fully saturated rings. The van der Waals surface area contributed by atoms with E-state index in [9.17, 15) is 9.59 Å². The molecule has 0 aliphatic carbocycles. The van der Waals surface area contributed by atoms with Crippen LogP contribution in [0.4, 0.5) is 5.69 Å². The van der Waals surface area contributed by atoms with Gasteiger partial charge in [-0.25, -0.2) is 0 Å². The number of carbonyl (C=O) groups excluding carboxylic acids is 2. The number of nitrogens with one attached hydrogen (secondary N) is 2. The summed E-state index contributed by atoms with van der Waals surface area (Å²) in [4.78, 5) is 24.9. The van der Waals surface area contributed by atoms with Crippen LogP contribution in [0.2, 0.25) is 0 Å². The summed E-state index contributed by atoms with van der Waals surface area (Å²) in [5.41, 5.74) is 2.66. The summed E-state index contributed by atoms with van der Waals surface area (Å²) in [7, 11) is 1.65. The predicted molar refractivity (Wildman–Crippen MR) is 113 cm³/mol. The molecule has 0 aliphatic rings. The summed E-state index contributed by atoms with van der Waals surface area (Å²) >= 11 is 0. The second-order valence-corrected chi connectivity index (χ2v) is 7.02. The number of carbonyl (C=O) groups is 2. The molecule has 3 aromatic rings. The number of hydrogen-bond donors (Lipinski definition) is 2. The van der Waals surface area contributed by atoms with Crippen molar-refractivity contribution >= 4 is 17.5 Å². The quantitative estimate of drug-likeness (QED) is 0.591. The van der Waals surface area contributed by atoms with Crippen molar-refractivity contribution in [2.45, 2.75) is 33.8 Å². The van der Waals surface area contributed by atoms with Gasteiger partial charge in [-0.3, -0.25) is 14.3 Å². The monoisotopic (exact) mass is 410 g/mol. The Kier molecular flexibility index (Phi) is 6.56. The molecule has 1 aromatic carbocycles. The van der Waals surface area contributed by atoms with Crippen molar-refractivity contribution in [2.24, 2.45) is 7.05 Å². The molecular formula is C22H26N4O4. The number of nitrogens with zero attached hydrogens (tertiary/aromatic N) is 2. The number of benzene rings is 1. The highest BCUT2D eigenvalue weighted by Crippen LogP contribution is 2.24. The van der Waals surface area contributed by atoms with Crippen LogP contribution in [-0.2, 0) is 13.7 Å². The number of hydrogen-bond acceptors (Lipinski definition) is 5. The maximum absolute atomic E-state index is 12.6. The Hall–Kier alpha value is -3.55. The van der Waals surface area contributed by atoms with Gasteiger partial charge >= 0.3 is 0 Å². The third-order valence-corrected chi connectivity index (χ3v) is 4.59. The molecule has 0 radical (unpaired) electrons. The van der Waals surface area contributed by atoms with Gasteiger partial charge in [0, 0.05) is 13.6 Å². The summed E-state index contributed by atoms with van der Waals surface area (Å²) in [5, 5.41) is 9.54. The Morgan fingerprint density at radius 3 is 2.57 bits per heavy atom. The molecular weight excluding hydrogens is 384 g/mol. The molecule has 0 saturated heterocycles. The van der Waals surface area contributed by atoms with Gasteiger partial charge in [0.15, 0.2) is 5.76 Å². The molecule has 2 amide bonds. The molecule has 2 aromatic heterocycles. The number of amides is 2. The molecule has 0 unspecified atom stereocenters. The maximum atomic E-state index is 12.6. The minimum absolute atomic E-state index is 0.124. The minimum atomic E-state index is -0.467. The van der Waals surface area contributed by atoms with Crippen LogP contribution in [0.5, 0.6) is 5.75 Å². The summed E-state index contributed by atoms with van der Waals surface area (Å²) in [6.07, 6.45) is 2.25. The fraction of sp³-hybridized carbons (Fsp3) is 0.318. The van der Waals surface area contributed by atoms with Crippen molar-refractivity contribution in [3.63, 3.8) is 0 Å². The lowest BCUT2D eigenvalue weighted by atomic mass is 10.1. The van der Waals surface area contributed by atoms with E-state index in [-0.39, 0.29) is 24.0 Å². The van der Waals surface area contributed by atoms with Gasteiger partial charge in [-0.05, 0) is 43.5 Å². The molecule has 0 aliphatic heterocycles. The van der Waals surface area contributed by atoms with Crippen LogP contribution >= 0.6 is 0 Å². The first-order chi connectivity index (χ1) is 14.4. The summed E-state index contributed by atoms with van der Waals surface area (Å²) < 4.78 is 12.9. The average Bonchev–Trinajstić information content (AvgIpc) is 3.33. The van der Waals surface area contributed by atoms with Gasteiger partial charge in [-0.1, -0.05) is 25.1 Å². The van der Waals surface area contributed by atoms with E-state index in [1.165, 1.54) is 10.9 Å². The fourth-order valence-corrected chi connectivity index (χ4v) is 3.05. The average molecular weight is 410 g/mol. The van der Waals surface area contributed by atoms with Crippen LogP contribution in [0.3, 0.4) is 0 Å². The molecule has 158 valence electrons. The lowest BCUT2D eigenvalue weighted by molar-refractivity contribution is 0.0945. The molecule has 3 rings (SSSR count). The van der Waals surface area contributed by atoms with Crippen molar-refractivity contribution in [1.82, 2.24) is 15.1 Å². The number of aromatic nitrogens is 2. The first kappa shape index (κ1) is 21.2. The normalized spacial score (nSPS) is 10.7. The highest BCUT2D eigenvalue weighted by atomic mass is 16.5. The maximum Gasteiger partial charge on any atom is 0.291 e. The summed E-state index contributed by atoms with van der Waals surface area (Å²) in [5.74, 6) is 0.687. The van der Waals surface area contributed by atoms with Crippen molar-refractivity contribution in [3.05, 3.63) is 64.9 Å². The standard InChI is InChI=1S/C22H26N4O4/c1-5-11-23-22(28)19-17(12-24-26(19)4)25-21(27)18-10-9-16(30-18)13-29-20-14(2)7-6-8-15(20)3/h6-10,12H,5,11,13H2,1-4H3,(H,23,28)(H,25,27). The molecule has 2 N–H and O–H groups in total. The van der Waals surface area contributed by atoms with E-state index in [0.29, 0.717) is 18.0 Å². The number of para-hydroxylation sites is 1. The van der Waals surface area contributed by atoms with Crippen LogP contribution < -0.4 is 15.4 Å². The predicted octanol–water partition coefficient (Wildman–Crippen LogP) is 3.60. The van der Waals surface area contributed by atoms with Crippen LogP contribution in [0.15, 0.2) is 40.9 Å². The van der Waals surface area contributed by atoms with E-state index in [2.05, 4.69) is 15.7 Å². The van der Waals surface area contributed by atoms with Gasteiger partial charge in [0.1, 0.15) is 23.8 Å². The summed E-state index contributed by atoms with van der Waals surface area (Å²) in [6, 6.07) is 9.20. The Morgan fingerprint density at radius 2 is 1.87 bits per heavy atom. The van der Waals surface area contributed by atoms with Crippen LogP contribution in [0, 0.1) is 13.8 Å². The van der Waals surface area contributed by atoms with Crippen LogP contribution in [-0.4, -0.2) is 28.1 Å². The summed E-state index contributed by atoms with van der Waals surface area (Å²) in [6.45, 7) is 6.66. The number of rotatable bonds is 8. The van der Waals surface area contributed by atoms with Crippen molar-refractivity contribution < 1.29 is 18.7 Å². The Morgan fingerprint density at radius 1 is 1.13 bits per heavy atom. The van der Waals surface area contributed by atoms with Gasteiger partial charge < -0.3 is 19.8 Å². The van der Waals surface area contributed by atoms with E-state index in [0.717, 1.165) is 23.3 Å². The van der Waals surface area contributed by atoms with E-state index >= 15 is 0 Å². The Labute approximate surface area is 175 Å². The smallest absolute Gasteiger partial charge is 0.291 e. The van der Waals surface area contributed by atoms with E-state index < -0.39 is 5.91 Å². The zero-order valence-corrected chi connectivity index (χ0v) is 17.6. The molecule has 0 bridgehead atoms. The van der Waals surface area contributed by atoms with E-state index in [1.54, 1.807) is 19.2 Å². The van der Waals surface area contributed by atoms with E-state index in [1.807, 2.05) is 39.0 Å². The minimum Gasteiger partial charge on any atom is -0.485 e. The highest BCUT2D eigenvalue weighted by Gasteiger charge is 2.20. The SMILES string of the molecule is CCCNC(=O)c1c(NC(=O)c2ccc(COc3c(C)cccc3C)o2)cnn1C. The van der Waals surface area contributed by atoms with Crippen molar-refractivity contribution in [3.8, 4) is 5.75 Å². The number of furan rings is 1. The van der Waals surface area contributed by atoms with E-state index in [4.69, 9.17) is 9.15 Å². The van der Waals surface area contributed by atoms with Gasteiger partial charge in [0.2, 0.25) is 0 Å². The molecule has 0 saturated carbocycles. The third kappa shape index (κ3) is 4.71. The lowest BCUT2D eigenvalue weighted by Gasteiger charge is -2.10. The first-order valence-corrected chi connectivity index (χ1v) is 9.80. The zero-order chi connectivity index (χ0) is 21.7. The molecule has 2 heterocycles. The molecule has 8 nitrogen and oxygen atoms in total. The van der Waals surface area contributed by atoms with Crippen LogP contribution in [0.25, 0.3) is 0 Å². The Balaban J connectivity index is 1.67. The molecule has 8 heteroatoms. The van der Waals surface area contributed by atoms with Crippen molar-refractivity contribution in [2.75, 3.05) is 11.9 Å². The highest BCUT2D eigenvalue weighted by molar-refractivity contribution is 6.07. The van der Waals surface area contributed by atoms with Gasteiger partial charge in [-0.2, -0.15) is 5.10 Å². The second-order valence-electron chi connectivity index (χ2n) is 7.02. The topological polar surface area (TPSA) is 98.4 Å². The molecule has 30 heavy (non-hydrogen) atoms. The van der Waals surface area contributed by atoms with Gasteiger partial charge in [-0.15, -0.1) is 0 Å².